The van der Waals surface area contributed by atoms with Gasteiger partial charge in [0.05, 0.1) is 18.9 Å². The molecule has 0 radical (unpaired) electrons. The summed E-state index contributed by atoms with van der Waals surface area (Å²) < 4.78 is 26.1. The van der Waals surface area contributed by atoms with Crippen molar-refractivity contribution in [2.75, 3.05) is 0 Å². The average Bonchev–Trinajstić information content (AvgIpc) is 2.25. The van der Waals surface area contributed by atoms with E-state index in [-0.39, 0.29) is 24.4 Å². The van der Waals surface area contributed by atoms with Crippen molar-refractivity contribution in [1.29, 1.82) is 5.26 Å². The summed E-state index contributed by atoms with van der Waals surface area (Å²) in [6, 6.07) is 5.30. The first-order valence-electron chi connectivity index (χ1n) is 5.13. The predicted molar refractivity (Wildman–Crippen MR) is 57.9 cm³/mol. The van der Waals surface area contributed by atoms with Crippen LogP contribution in [0.2, 0.25) is 0 Å². The van der Waals surface area contributed by atoms with Gasteiger partial charge in [-0.3, -0.25) is 4.79 Å². The Labute approximate surface area is 98.1 Å². The Hall–Kier alpha value is -1.96. The largest absolute Gasteiger partial charge is 0.352 e. The van der Waals surface area contributed by atoms with E-state index in [1.807, 2.05) is 6.07 Å². The lowest BCUT2D eigenvalue weighted by Gasteiger charge is -2.10. The van der Waals surface area contributed by atoms with E-state index < -0.39 is 17.5 Å². The highest BCUT2D eigenvalue weighted by Crippen LogP contribution is 2.11. The number of rotatable bonds is 4. The van der Waals surface area contributed by atoms with Gasteiger partial charge in [-0.05, 0) is 13.0 Å². The molecule has 3 nitrogen and oxygen atoms in total. The molecule has 0 aliphatic rings. The minimum Gasteiger partial charge on any atom is -0.352 e. The number of nitrogens with zero attached hydrogens (tertiary/aromatic N) is 1. The van der Waals surface area contributed by atoms with E-state index in [2.05, 4.69) is 5.32 Å². The summed E-state index contributed by atoms with van der Waals surface area (Å²) in [5.74, 6) is -2.41. The number of carbonyl (C=O) groups excluding carboxylic acids is 1. The van der Waals surface area contributed by atoms with Gasteiger partial charge in [0.2, 0.25) is 5.91 Å². The molecule has 1 aromatic rings. The summed E-state index contributed by atoms with van der Waals surface area (Å²) >= 11 is 0. The third-order valence-corrected chi connectivity index (χ3v) is 2.19. The highest BCUT2D eigenvalue weighted by Gasteiger charge is 2.13. The molecule has 1 aromatic carbocycles. The highest BCUT2D eigenvalue weighted by atomic mass is 19.2. The molecule has 0 saturated carbocycles. The lowest BCUT2D eigenvalue weighted by molar-refractivity contribution is -0.121. The smallest absolute Gasteiger partial charge is 0.224 e. The number of hydrogen-bond acceptors (Lipinski definition) is 2. The van der Waals surface area contributed by atoms with Crippen molar-refractivity contribution in [2.24, 2.45) is 0 Å². The third-order valence-electron chi connectivity index (χ3n) is 2.19. The van der Waals surface area contributed by atoms with Gasteiger partial charge in [0.1, 0.15) is 0 Å². The second kappa shape index (κ2) is 5.94. The van der Waals surface area contributed by atoms with Gasteiger partial charge in [0, 0.05) is 11.6 Å². The van der Waals surface area contributed by atoms with Crippen molar-refractivity contribution in [1.82, 2.24) is 5.32 Å². The van der Waals surface area contributed by atoms with Gasteiger partial charge in [-0.2, -0.15) is 5.26 Å². The number of benzene rings is 1. The topological polar surface area (TPSA) is 52.9 Å². The molecule has 1 amide bonds. The van der Waals surface area contributed by atoms with Gasteiger partial charge < -0.3 is 5.32 Å². The summed E-state index contributed by atoms with van der Waals surface area (Å²) in [6.45, 7) is 1.67. The summed E-state index contributed by atoms with van der Waals surface area (Å²) in [6.07, 6.45) is -0.0588. The lowest BCUT2D eigenvalue weighted by atomic mass is 10.1. The van der Waals surface area contributed by atoms with Crippen molar-refractivity contribution in [3.05, 3.63) is 35.4 Å². The van der Waals surface area contributed by atoms with Gasteiger partial charge >= 0.3 is 0 Å². The second-order valence-corrected chi connectivity index (χ2v) is 3.72. The molecular formula is C12H12F2N2O. The van der Waals surface area contributed by atoms with E-state index in [0.29, 0.717) is 0 Å². The lowest BCUT2D eigenvalue weighted by Crippen LogP contribution is -2.33. The predicted octanol–water partition coefficient (Wildman–Crippen LogP) is 1.93. The molecular weight excluding hydrogens is 226 g/mol. The first kappa shape index (κ1) is 13.1. The molecule has 0 spiro atoms. The molecule has 1 N–H and O–H groups in total. The molecule has 0 heterocycles. The van der Waals surface area contributed by atoms with Gasteiger partial charge in [0.15, 0.2) is 11.6 Å². The maximum atomic E-state index is 13.2. The Bertz CT molecular complexity index is 454. The Kier molecular flexibility index (Phi) is 4.58. The third kappa shape index (κ3) is 3.83. The molecule has 0 aliphatic carbocycles. The molecule has 5 heteroatoms. The maximum absolute atomic E-state index is 13.2. The van der Waals surface area contributed by atoms with Crippen LogP contribution < -0.4 is 5.32 Å². The molecule has 0 bridgehead atoms. The molecule has 0 fully saturated rings. The molecule has 90 valence electrons. The molecule has 0 aromatic heterocycles. The molecule has 0 aliphatic heterocycles. The first-order valence-corrected chi connectivity index (χ1v) is 5.13. The number of nitriles is 1. The normalized spacial score (nSPS) is 11.6. The van der Waals surface area contributed by atoms with Crippen LogP contribution in [-0.2, 0) is 11.2 Å². The fourth-order valence-corrected chi connectivity index (χ4v) is 1.37. The SMILES string of the molecule is CC(CC#N)NC(=O)Cc1cccc(F)c1F. The van der Waals surface area contributed by atoms with Crippen LogP contribution in [0.15, 0.2) is 18.2 Å². The Morgan fingerprint density at radius 2 is 2.24 bits per heavy atom. The average molecular weight is 238 g/mol. The second-order valence-electron chi connectivity index (χ2n) is 3.72. The van der Waals surface area contributed by atoms with Crippen molar-refractivity contribution < 1.29 is 13.6 Å². The van der Waals surface area contributed by atoms with Crippen LogP contribution in [0.25, 0.3) is 0 Å². The zero-order valence-electron chi connectivity index (χ0n) is 9.34. The van der Waals surface area contributed by atoms with Gasteiger partial charge in [0.25, 0.3) is 0 Å². The number of amides is 1. The fraction of sp³-hybridized carbons (Fsp3) is 0.333. The number of halogens is 2. The van der Waals surface area contributed by atoms with E-state index in [9.17, 15) is 13.6 Å². The van der Waals surface area contributed by atoms with E-state index >= 15 is 0 Å². The van der Waals surface area contributed by atoms with E-state index in [0.717, 1.165) is 6.07 Å². The van der Waals surface area contributed by atoms with E-state index in [1.165, 1.54) is 12.1 Å². The van der Waals surface area contributed by atoms with Crippen molar-refractivity contribution >= 4 is 5.91 Å². The highest BCUT2D eigenvalue weighted by molar-refractivity contribution is 5.78. The quantitative estimate of drug-likeness (QED) is 0.871. The van der Waals surface area contributed by atoms with Gasteiger partial charge in [-0.15, -0.1) is 0 Å². The van der Waals surface area contributed by atoms with Crippen LogP contribution in [0, 0.1) is 23.0 Å². The Morgan fingerprint density at radius 3 is 2.88 bits per heavy atom. The summed E-state index contributed by atoms with van der Waals surface area (Å²) in [5.41, 5.74) is 0.00616. The van der Waals surface area contributed by atoms with Crippen LogP contribution in [0.1, 0.15) is 18.9 Å². The van der Waals surface area contributed by atoms with Crippen LogP contribution in [0.5, 0.6) is 0 Å². The summed E-state index contributed by atoms with van der Waals surface area (Å²) in [5, 5.41) is 10.9. The number of nitrogens with one attached hydrogen (secondary N) is 1. The standard InChI is InChI=1S/C12H12F2N2O/c1-8(5-6-15)16-11(17)7-9-3-2-4-10(13)12(9)14/h2-4,8H,5,7H2,1H3,(H,16,17). The minimum absolute atomic E-state index is 0.00616. The monoisotopic (exact) mass is 238 g/mol. The van der Waals surface area contributed by atoms with Crippen LogP contribution in [0.4, 0.5) is 8.78 Å². The van der Waals surface area contributed by atoms with Crippen molar-refractivity contribution in [2.45, 2.75) is 25.8 Å². The van der Waals surface area contributed by atoms with Gasteiger partial charge in [-0.25, -0.2) is 8.78 Å². The molecule has 1 unspecified atom stereocenters. The van der Waals surface area contributed by atoms with Crippen LogP contribution >= 0.6 is 0 Å². The molecule has 17 heavy (non-hydrogen) atoms. The molecule has 1 rings (SSSR count). The summed E-state index contributed by atoms with van der Waals surface area (Å²) in [7, 11) is 0. The van der Waals surface area contributed by atoms with Crippen molar-refractivity contribution in [3.8, 4) is 6.07 Å². The molecule has 0 saturated heterocycles. The van der Waals surface area contributed by atoms with Crippen LogP contribution in [0.3, 0.4) is 0 Å². The zero-order valence-corrected chi connectivity index (χ0v) is 9.34. The summed E-state index contributed by atoms with van der Waals surface area (Å²) in [4.78, 5) is 11.5. The Morgan fingerprint density at radius 1 is 1.53 bits per heavy atom. The molecule has 1 atom stereocenters. The maximum Gasteiger partial charge on any atom is 0.224 e. The Balaban J connectivity index is 2.63. The minimum atomic E-state index is -1.00. The van der Waals surface area contributed by atoms with E-state index in [4.69, 9.17) is 5.26 Å². The zero-order chi connectivity index (χ0) is 12.8. The fourth-order valence-electron chi connectivity index (χ4n) is 1.37. The van der Waals surface area contributed by atoms with E-state index in [1.54, 1.807) is 6.92 Å². The number of carbonyl (C=O) groups is 1. The van der Waals surface area contributed by atoms with Crippen LogP contribution in [-0.4, -0.2) is 11.9 Å². The first-order chi connectivity index (χ1) is 8.04. The van der Waals surface area contributed by atoms with Gasteiger partial charge in [-0.1, -0.05) is 12.1 Å². The number of hydrogen-bond donors (Lipinski definition) is 1. The van der Waals surface area contributed by atoms with Crippen molar-refractivity contribution in [3.63, 3.8) is 0 Å².